The molecular weight excluding hydrogens is 198 g/mol. The molecule has 16 heavy (non-hydrogen) atoms. The van der Waals surface area contributed by atoms with Crippen molar-refractivity contribution in [2.75, 3.05) is 7.11 Å². The Morgan fingerprint density at radius 1 is 1.25 bits per heavy atom. The van der Waals surface area contributed by atoms with Crippen LogP contribution in [0.2, 0.25) is 0 Å². The molecule has 2 heteroatoms. The summed E-state index contributed by atoms with van der Waals surface area (Å²) in [6, 6.07) is 0.282. The third-order valence-electron chi connectivity index (χ3n) is 5.19. The summed E-state index contributed by atoms with van der Waals surface area (Å²) in [4.78, 5) is 0. The van der Waals surface area contributed by atoms with Gasteiger partial charge in [0.05, 0.1) is 5.60 Å². The van der Waals surface area contributed by atoms with Crippen molar-refractivity contribution in [3.05, 3.63) is 0 Å². The van der Waals surface area contributed by atoms with Crippen LogP contribution in [0.3, 0.4) is 0 Å². The predicted molar refractivity (Wildman–Crippen MR) is 67.3 cm³/mol. The Morgan fingerprint density at radius 3 is 2.25 bits per heavy atom. The predicted octanol–water partition coefficient (Wildman–Crippen LogP) is 3.10. The molecule has 2 nitrogen and oxygen atoms in total. The van der Waals surface area contributed by atoms with Crippen LogP contribution in [0.1, 0.15) is 58.3 Å². The highest BCUT2D eigenvalue weighted by Crippen LogP contribution is 2.43. The fourth-order valence-corrected chi connectivity index (χ4v) is 3.58. The zero-order chi connectivity index (χ0) is 11.6. The molecule has 2 fully saturated rings. The first kappa shape index (κ1) is 12.4. The number of hydrogen-bond donors (Lipinski definition) is 1. The molecule has 0 heterocycles. The van der Waals surface area contributed by atoms with Gasteiger partial charge in [0.1, 0.15) is 0 Å². The van der Waals surface area contributed by atoms with Crippen molar-refractivity contribution in [2.24, 2.45) is 17.6 Å². The van der Waals surface area contributed by atoms with Gasteiger partial charge in [0, 0.05) is 13.2 Å². The van der Waals surface area contributed by atoms with E-state index in [0.717, 1.165) is 5.92 Å². The van der Waals surface area contributed by atoms with Crippen molar-refractivity contribution in [2.45, 2.75) is 69.9 Å². The molecule has 0 amide bonds. The second kappa shape index (κ2) is 5.05. The summed E-state index contributed by atoms with van der Waals surface area (Å²) in [6.07, 6.45) is 10.4. The first-order valence-corrected chi connectivity index (χ1v) is 7.02. The van der Waals surface area contributed by atoms with Crippen LogP contribution in [0.4, 0.5) is 0 Å². The number of ether oxygens (including phenoxy) is 1. The maximum atomic E-state index is 6.46. The van der Waals surface area contributed by atoms with Crippen LogP contribution < -0.4 is 5.73 Å². The zero-order valence-corrected chi connectivity index (χ0v) is 10.9. The molecular formula is C14H27NO. The van der Waals surface area contributed by atoms with Gasteiger partial charge in [-0.25, -0.2) is 0 Å². The Balaban J connectivity index is 1.88. The van der Waals surface area contributed by atoms with Gasteiger partial charge in [0.25, 0.3) is 0 Å². The van der Waals surface area contributed by atoms with Crippen molar-refractivity contribution in [3.8, 4) is 0 Å². The standard InChI is InChI=1S/C14H27NO/c1-3-11-5-7-12(8-6-11)13(15)14(16-2)9-4-10-14/h11-13H,3-10,15H2,1-2H3. The second-order valence-electron chi connectivity index (χ2n) is 5.84. The lowest BCUT2D eigenvalue weighted by Crippen LogP contribution is -2.58. The number of hydrogen-bond acceptors (Lipinski definition) is 2. The number of methoxy groups -OCH3 is 1. The minimum absolute atomic E-state index is 0.0454. The fraction of sp³-hybridized carbons (Fsp3) is 1.00. The Labute approximate surface area is 99.9 Å². The van der Waals surface area contributed by atoms with Crippen LogP contribution in [0.5, 0.6) is 0 Å². The average Bonchev–Trinajstić information content (AvgIpc) is 2.28. The van der Waals surface area contributed by atoms with E-state index in [9.17, 15) is 0 Å². The van der Waals surface area contributed by atoms with E-state index in [1.165, 1.54) is 51.4 Å². The molecule has 2 saturated carbocycles. The van der Waals surface area contributed by atoms with E-state index in [0.29, 0.717) is 5.92 Å². The summed E-state index contributed by atoms with van der Waals surface area (Å²) in [6.45, 7) is 2.31. The van der Waals surface area contributed by atoms with Crippen LogP contribution >= 0.6 is 0 Å². The van der Waals surface area contributed by atoms with Gasteiger partial charge < -0.3 is 10.5 Å². The molecule has 0 aromatic carbocycles. The molecule has 0 spiro atoms. The van der Waals surface area contributed by atoms with Gasteiger partial charge in [-0.15, -0.1) is 0 Å². The third-order valence-corrected chi connectivity index (χ3v) is 5.19. The normalized spacial score (nSPS) is 35.4. The fourth-order valence-electron chi connectivity index (χ4n) is 3.58. The topological polar surface area (TPSA) is 35.2 Å². The smallest absolute Gasteiger partial charge is 0.0831 e. The van der Waals surface area contributed by atoms with Crippen LogP contribution in [0.15, 0.2) is 0 Å². The van der Waals surface area contributed by atoms with Gasteiger partial charge in [0.2, 0.25) is 0 Å². The minimum atomic E-state index is 0.0454. The first-order chi connectivity index (χ1) is 7.72. The van der Waals surface area contributed by atoms with E-state index >= 15 is 0 Å². The van der Waals surface area contributed by atoms with Gasteiger partial charge in [-0.3, -0.25) is 0 Å². The lowest BCUT2D eigenvalue weighted by Gasteiger charge is -2.49. The van der Waals surface area contributed by atoms with Crippen molar-refractivity contribution >= 4 is 0 Å². The maximum Gasteiger partial charge on any atom is 0.0831 e. The van der Waals surface area contributed by atoms with E-state index in [4.69, 9.17) is 10.5 Å². The van der Waals surface area contributed by atoms with Crippen molar-refractivity contribution < 1.29 is 4.74 Å². The molecule has 0 saturated heterocycles. The Hall–Kier alpha value is -0.0800. The summed E-state index contributed by atoms with van der Waals surface area (Å²) >= 11 is 0. The zero-order valence-electron chi connectivity index (χ0n) is 10.9. The quantitative estimate of drug-likeness (QED) is 0.798. The molecule has 2 rings (SSSR count). The summed E-state index contributed by atoms with van der Waals surface area (Å²) in [5, 5.41) is 0. The van der Waals surface area contributed by atoms with E-state index in [1.54, 1.807) is 0 Å². The molecule has 0 aromatic rings. The van der Waals surface area contributed by atoms with E-state index < -0.39 is 0 Å². The van der Waals surface area contributed by atoms with E-state index in [2.05, 4.69) is 6.92 Å². The number of nitrogens with two attached hydrogens (primary N) is 1. The molecule has 94 valence electrons. The molecule has 0 aliphatic heterocycles. The van der Waals surface area contributed by atoms with E-state index in [-0.39, 0.29) is 11.6 Å². The molecule has 0 aromatic heterocycles. The van der Waals surface area contributed by atoms with Gasteiger partial charge in [0.15, 0.2) is 0 Å². The first-order valence-electron chi connectivity index (χ1n) is 7.02. The summed E-state index contributed by atoms with van der Waals surface area (Å²) < 4.78 is 5.72. The van der Waals surface area contributed by atoms with Crippen LogP contribution in [-0.2, 0) is 4.74 Å². The lowest BCUT2D eigenvalue weighted by molar-refractivity contribution is -0.106. The van der Waals surface area contributed by atoms with E-state index in [1.807, 2.05) is 7.11 Å². The molecule has 2 aliphatic rings. The molecule has 0 bridgehead atoms. The van der Waals surface area contributed by atoms with Crippen molar-refractivity contribution in [1.29, 1.82) is 0 Å². The second-order valence-corrected chi connectivity index (χ2v) is 5.84. The SMILES string of the molecule is CCC1CCC(C(N)C2(OC)CCC2)CC1. The number of rotatable bonds is 4. The Morgan fingerprint density at radius 2 is 1.88 bits per heavy atom. The van der Waals surface area contributed by atoms with Crippen LogP contribution in [0, 0.1) is 11.8 Å². The molecule has 1 unspecified atom stereocenters. The van der Waals surface area contributed by atoms with Gasteiger partial charge in [-0.1, -0.05) is 26.2 Å². The molecule has 2 aliphatic carbocycles. The molecule has 1 atom stereocenters. The largest absolute Gasteiger partial charge is 0.377 e. The Kier molecular flexibility index (Phi) is 3.91. The highest BCUT2D eigenvalue weighted by Gasteiger charge is 2.46. The van der Waals surface area contributed by atoms with Crippen LogP contribution in [0.25, 0.3) is 0 Å². The summed E-state index contributed by atoms with van der Waals surface area (Å²) in [7, 11) is 1.84. The highest BCUT2D eigenvalue weighted by atomic mass is 16.5. The maximum absolute atomic E-state index is 6.46. The van der Waals surface area contributed by atoms with Gasteiger partial charge in [-0.2, -0.15) is 0 Å². The van der Waals surface area contributed by atoms with Crippen molar-refractivity contribution in [1.82, 2.24) is 0 Å². The molecule has 0 radical (unpaired) electrons. The third kappa shape index (κ3) is 2.14. The molecule has 2 N–H and O–H groups in total. The monoisotopic (exact) mass is 225 g/mol. The summed E-state index contributed by atoms with van der Waals surface area (Å²) in [5.74, 6) is 1.67. The van der Waals surface area contributed by atoms with Crippen LogP contribution in [-0.4, -0.2) is 18.8 Å². The minimum Gasteiger partial charge on any atom is -0.377 e. The average molecular weight is 225 g/mol. The highest BCUT2D eigenvalue weighted by molar-refractivity contribution is 5.01. The van der Waals surface area contributed by atoms with Gasteiger partial charge >= 0.3 is 0 Å². The lowest BCUT2D eigenvalue weighted by atomic mass is 9.66. The Bertz CT molecular complexity index is 211. The van der Waals surface area contributed by atoms with Crippen molar-refractivity contribution in [3.63, 3.8) is 0 Å². The van der Waals surface area contributed by atoms with Gasteiger partial charge in [-0.05, 0) is 43.9 Å². The summed E-state index contributed by atoms with van der Waals surface area (Å²) in [5.41, 5.74) is 6.51.